The number of hydrogen-bond acceptors (Lipinski definition) is 3. The fourth-order valence-electron chi connectivity index (χ4n) is 2.32. The first-order valence-electron chi connectivity index (χ1n) is 6.01. The largest absolute Gasteiger partial charge is 0.379 e. The molecule has 1 aromatic carbocycles. The molecule has 1 aromatic rings. The average molecular weight is 230 g/mol. The van der Waals surface area contributed by atoms with Crippen LogP contribution >= 0.6 is 0 Å². The Morgan fingerprint density at radius 2 is 2.00 bits per heavy atom. The molecule has 0 saturated carbocycles. The van der Waals surface area contributed by atoms with Gasteiger partial charge >= 0.3 is 0 Å². The minimum absolute atomic E-state index is 0.139. The molecule has 1 saturated heterocycles. The Balaban J connectivity index is 2.25. The summed E-state index contributed by atoms with van der Waals surface area (Å²) in [5.41, 5.74) is 3.56. The molecule has 1 atom stereocenters. The summed E-state index contributed by atoms with van der Waals surface area (Å²) in [7, 11) is 0. The average Bonchev–Trinajstić information content (AvgIpc) is 2.34. The minimum Gasteiger partial charge on any atom is -0.379 e. The second-order valence-electron chi connectivity index (χ2n) is 4.54. The van der Waals surface area contributed by atoms with E-state index in [4.69, 9.17) is 4.74 Å². The van der Waals surface area contributed by atoms with Gasteiger partial charge in [-0.2, -0.15) is 5.26 Å². The number of hydrogen-bond donors (Lipinski definition) is 0. The van der Waals surface area contributed by atoms with E-state index in [0.29, 0.717) is 0 Å². The highest BCUT2D eigenvalue weighted by atomic mass is 16.5. The van der Waals surface area contributed by atoms with Crippen LogP contribution in [0.1, 0.15) is 22.7 Å². The molecule has 1 heterocycles. The van der Waals surface area contributed by atoms with E-state index in [9.17, 15) is 5.26 Å². The van der Waals surface area contributed by atoms with Crippen LogP contribution in [0.4, 0.5) is 0 Å². The van der Waals surface area contributed by atoms with Crippen molar-refractivity contribution in [3.05, 3.63) is 34.9 Å². The molecule has 1 fully saturated rings. The van der Waals surface area contributed by atoms with Gasteiger partial charge < -0.3 is 4.74 Å². The molecule has 0 bridgehead atoms. The summed E-state index contributed by atoms with van der Waals surface area (Å²) in [5.74, 6) is 0. The second-order valence-corrected chi connectivity index (χ2v) is 4.54. The van der Waals surface area contributed by atoms with Crippen LogP contribution in [-0.4, -0.2) is 31.2 Å². The highest BCUT2D eigenvalue weighted by molar-refractivity contribution is 5.35. The van der Waals surface area contributed by atoms with Crippen LogP contribution in [-0.2, 0) is 4.74 Å². The molecule has 3 heteroatoms. The minimum atomic E-state index is -0.139. The van der Waals surface area contributed by atoms with Gasteiger partial charge in [-0.25, -0.2) is 0 Å². The highest BCUT2D eigenvalue weighted by Gasteiger charge is 2.23. The molecule has 90 valence electrons. The summed E-state index contributed by atoms with van der Waals surface area (Å²) >= 11 is 0. The van der Waals surface area contributed by atoms with Gasteiger partial charge in [-0.15, -0.1) is 0 Å². The Labute approximate surface area is 103 Å². The molecule has 3 nitrogen and oxygen atoms in total. The lowest BCUT2D eigenvalue weighted by atomic mass is 9.98. The maximum absolute atomic E-state index is 9.39. The normalized spacial score (nSPS) is 18.6. The number of aryl methyl sites for hydroxylation is 2. The second kappa shape index (κ2) is 5.31. The van der Waals surface area contributed by atoms with Gasteiger partial charge in [-0.3, -0.25) is 4.90 Å². The van der Waals surface area contributed by atoms with Gasteiger partial charge in [-0.05, 0) is 25.0 Å². The lowest BCUT2D eigenvalue weighted by molar-refractivity contribution is 0.0265. The quantitative estimate of drug-likeness (QED) is 0.781. The van der Waals surface area contributed by atoms with E-state index >= 15 is 0 Å². The Kier molecular flexibility index (Phi) is 3.78. The zero-order chi connectivity index (χ0) is 12.3. The molecule has 1 aliphatic rings. The van der Waals surface area contributed by atoms with Crippen molar-refractivity contribution in [2.75, 3.05) is 26.3 Å². The summed E-state index contributed by atoms with van der Waals surface area (Å²) in [6.45, 7) is 7.28. The van der Waals surface area contributed by atoms with Crippen molar-refractivity contribution < 1.29 is 4.74 Å². The van der Waals surface area contributed by atoms with E-state index in [1.807, 2.05) is 0 Å². The van der Waals surface area contributed by atoms with Crippen molar-refractivity contribution >= 4 is 0 Å². The monoisotopic (exact) mass is 230 g/mol. The van der Waals surface area contributed by atoms with Crippen molar-refractivity contribution in [3.63, 3.8) is 0 Å². The van der Waals surface area contributed by atoms with Crippen LogP contribution in [0.15, 0.2) is 18.2 Å². The predicted octanol–water partition coefficient (Wildman–Crippen LogP) is 2.20. The van der Waals surface area contributed by atoms with Crippen LogP contribution in [0.2, 0.25) is 0 Å². The first kappa shape index (κ1) is 12.1. The standard InChI is InChI=1S/C14H18N2O/c1-11-3-4-13(12(2)9-11)14(10-15)16-5-7-17-8-6-16/h3-4,9,14H,5-8H2,1-2H3. The summed E-state index contributed by atoms with van der Waals surface area (Å²) in [6, 6.07) is 8.57. The molecule has 1 unspecified atom stereocenters. The van der Waals surface area contributed by atoms with Crippen molar-refractivity contribution in [1.82, 2.24) is 4.90 Å². The SMILES string of the molecule is Cc1ccc(C(C#N)N2CCOCC2)c(C)c1. The van der Waals surface area contributed by atoms with E-state index in [2.05, 4.69) is 43.0 Å². The Morgan fingerprint density at radius 3 is 2.59 bits per heavy atom. The van der Waals surface area contributed by atoms with E-state index in [1.165, 1.54) is 11.1 Å². The van der Waals surface area contributed by atoms with Crippen LogP contribution in [0.25, 0.3) is 0 Å². The van der Waals surface area contributed by atoms with Gasteiger partial charge in [0, 0.05) is 13.1 Å². The highest BCUT2D eigenvalue weighted by Crippen LogP contribution is 2.24. The summed E-state index contributed by atoms with van der Waals surface area (Å²) < 4.78 is 5.33. The van der Waals surface area contributed by atoms with Crippen molar-refractivity contribution in [2.24, 2.45) is 0 Å². The molecule has 0 spiro atoms. The first-order valence-corrected chi connectivity index (χ1v) is 6.01. The Bertz CT molecular complexity index is 430. The van der Waals surface area contributed by atoms with Crippen LogP contribution in [0.5, 0.6) is 0 Å². The van der Waals surface area contributed by atoms with Crippen LogP contribution in [0.3, 0.4) is 0 Å². The number of morpholine rings is 1. The van der Waals surface area contributed by atoms with E-state index in [0.717, 1.165) is 31.9 Å². The van der Waals surface area contributed by atoms with Gasteiger partial charge in [-0.1, -0.05) is 23.8 Å². The smallest absolute Gasteiger partial charge is 0.124 e. The Morgan fingerprint density at radius 1 is 1.29 bits per heavy atom. The molecule has 0 N–H and O–H groups in total. The van der Waals surface area contributed by atoms with Gasteiger partial charge in [0.1, 0.15) is 6.04 Å². The lowest BCUT2D eigenvalue weighted by Gasteiger charge is -2.31. The molecule has 1 aliphatic heterocycles. The predicted molar refractivity (Wildman–Crippen MR) is 66.7 cm³/mol. The molecule has 0 amide bonds. The van der Waals surface area contributed by atoms with Gasteiger partial charge in [0.05, 0.1) is 19.3 Å². The number of nitriles is 1. The van der Waals surface area contributed by atoms with E-state index in [1.54, 1.807) is 0 Å². The first-order chi connectivity index (χ1) is 8.22. The summed E-state index contributed by atoms with van der Waals surface area (Å²) in [6.07, 6.45) is 0. The third-order valence-electron chi connectivity index (χ3n) is 3.25. The Hall–Kier alpha value is -1.37. The summed E-state index contributed by atoms with van der Waals surface area (Å²) in [4.78, 5) is 2.20. The van der Waals surface area contributed by atoms with Gasteiger partial charge in [0.15, 0.2) is 0 Å². The molecule has 17 heavy (non-hydrogen) atoms. The third-order valence-corrected chi connectivity index (χ3v) is 3.25. The zero-order valence-corrected chi connectivity index (χ0v) is 10.4. The van der Waals surface area contributed by atoms with E-state index in [-0.39, 0.29) is 6.04 Å². The summed E-state index contributed by atoms with van der Waals surface area (Å²) in [5, 5.41) is 9.39. The molecule has 0 aliphatic carbocycles. The number of benzene rings is 1. The van der Waals surface area contributed by atoms with Gasteiger partial charge in [0.2, 0.25) is 0 Å². The van der Waals surface area contributed by atoms with Crippen molar-refractivity contribution in [3.8, 4) is 6.07 Å². The van der Waals surface area contributed by atoms with Crippen LogP contribution in [0, 0.1) is 25.2 Å². The number of nitrogens with zero attached hydrogens (tertiary/aromatic N) is 2. The van der Waals surface area contributed by atoms with Gasteiger partial charge in [0.25, 0.3) is 0 Å². The fraction of sp³-hybridized carbons (Fsp3) is 0.500. The molecular weight excluding hydrogens is 212 g/mol. The third kappa shape index (κ3) is 2.66. The number of ether oxygens (including phenoxy) is 1. The zero-order valence-electron chi connectivity index (χ0n) is 10.4. The topological polar surface area (TPSA) is 36.3 Å². The van der Waals surface area contributed by atoms with Crippen molar-refractivity contribution in [1.29, 1.82) is 5.26 Å². The van der Waals surface area contributed by atoms with E-state index < -0.39 is 0 Å². The number of rotatable bonds is 2. The molecule has 0 aromatic heterocycles. The maximum atomic E-state index is 9.39. The van der Waals surface area contributed by atoms with Crippen molar-refractivity contribution in [2.45, 2.75) is 19.9 Å². The lowest BCUT2D eigenvalue weighted by Crippen LogP contribution is -2.38. The van der Waals surface area contributed by atoms with Crippen LogP contribution < -0.4 is 0 Å². The molecule has 0 radical (unpaired) electrons. The maximum Gasteiger partial charge on any atom is 0.124 e. The fourth-order valence-corrected chi connectivity index (χ4v) is 2.32. The molecular formula is C14H18N2O. The molecule has 2 rings (SSSR count).